The Labute approximate surface area is 137 Å². The first-order chi connectivity index (χ1) is 10.5. The van der Waals surface area contributed by atoms with E-state index in [1.165, 1.54) is 25.0 Å². The number of amides is 1. The van der Waals surface area contributed by atoms with Crippen LogP contribution in [0.1, 0.15) is 46.4 Å². The van der Waals surface area contributed by atoms with Crippen LogP contribution in [-0.4, -0.2) is 35.7 Å². The van der Waals surface area contributed by atoms with Crippen LogP contribution in [0.25, 0.3) is 0 Å². The molecule has 1 aromatic rings. The molecule has 3 rings (SSSR count). The monoisotopic (exact) mass is 367 g/mol. The molecule has 0 radical (unpaired) electrons. The molecule has 2 unspecified atom stereocenters. The minimum atomic E-state index is -1.05. The van der Waals surface area contributed by atoms with Crippen LogP contribution >= 0.6 is 15.9 Å². The van der Waals surface area contributed by atoms with Gasteiger partial charge in [-0.2, -0.15) is 0 Å². The van der Waals surface area contributed by atoms with Gasteiger partial charge in [-0.25, -0.2) is 4.79 Å². The van der Waals surface area contributed by atoms with Crippen LogP contribution < -0.4 is 5.32 Å². The molecule has 0 bridgehead atoms. The Balaban J connectivity index is 1.67. The summed E-state index contributed by atoms with van der Waals surface area (Å²) < 4.78 is 6.34. The minimum Gasteiger partial charge on any atom is -0.478 e. The van der Waals surface area contributed by atoms with Crippen LogP contribution in [0, 0.1) is 5.92 Å². The Morgan fingerprint density at radius 3 is 2.59 bits per heavy atom. The van der Waals surface area contributed by atoms with Crippen molar-refractivity contribution in [2.75, 3.05) is 6.61 Å². The molecule has 1 amide bonds. The summed E-state index contributed by atoms with van der Waals surface area (Å²) in [7, 11) is 0. The number of hydrogen-bond acceptors (Lipinski definition) is 3. The van der Waals surface area contributed by atoms with Gasteiger partial charge in [-0.1, -0.05) is 15.9 Å². The molecule has 1 heterocycles. The number of halogens is 1. The summed E-state index contributed by atoms with van der Waals surface area (Å²) in [4.78, 5) is 23.4. The number of ether oxygens (including phenoxy) is 1. The Hall–Kier alpha value is -1.40. The Morgan fingerprint density at radius 1 is 1.18 bits per heavy atom. The van der Waals surface area contributed by atoms with E-state index in [1.54, 1.807) is 6.07 Å². The third-order valence-corrected chi connectivity index (χ3v) is 4.66. The first-order valence-corrected chi connectivity index (χ1v) is 8.28. The molecule has 0 aromatic heterocycles. The molecule has 5 nitrogen and oxygen atoms in total. The van der Waals surface area contributed by atoms with Crippen LogP contribution in [0.5, 0.6) is 0 Å². The third kappa shape index (κ3) is 3.67. The highest BCUT2D eigenvalue weighted by Crippen LogP contribution is 2.38. The van der Waals surface area contributed by atoms with Gasteiger partial charge in [-0.15, -0.1) is 0 Å². The average molecular weight is 368 g/mol. The van der Waals surface area contributed by atoms with E-state index in [9.17, 15) is 9.59 Å². The molecule has 1 saturated heterocycles. The topological polar surface area (TPSA) is 75.6 Å². The van der Waals surface area contributed by atoms with Crippen molar-refractivity contribution >= 4 is 27.8 Å². The van der Waals surface area contributed by atoms with Crippen LogP contribution in [0.15, 0.2) is 22.7 Å². The standard InChI is InChI=1S/C16H18BrNO4/c17-12-6-10(5-11(7-12)16(20)21)15(19)18-13-3-4-22-14(8-13)9-1-2-9/h5-7,9,13-14H,1-4,8H2,(H,18,19)(H,20,21). The molecule has 1 saturated carbocycles. The molecule has 22 heavy (non-hydrogen) atoms. The highest BCUT2D eigenvalue weighted by Gasteiger charge is 2.36. The van der Waals surface area contributed by atoms with E-state index >= 15 is 0 Å². The summed E-state index contributed by atoms with van der Waals surface area (Å²) >= 11 is 3.25. The van der Waals surface area contributed by atoms with E-state index in [1.807, 2.05) is 0 Å². The summed E-state index contributed by atoms with van der Waals surface area (Å²) in [6.45, 7) is 0.672. The van der Waals surface area contributed by atoms with Crippen LogP contribution in [0.3, 0.4) is 0 Å². The first-order valence-electron chi connectivity index (χ1n) is 7.49. The van der Waals surface area contributed by atoms with Gasteiger partial charge >= 0.3 is 5.97 Å². The van der Waals surface area contributed by atoms with Crippen molar-refractivity contribution in [3.8, 4) is 0 Å². The van der Waals surface area contributed by atoms with Gasteiger partial charge < -0.3 is 15.2 Å². The van der Waals surface area contributed by atoms with Gasteiger partial charge in [0.25, 0.3) is 5.91 Å². The lowest BCUT2D eigenvalue weighted by Crippen LogP contribution is -2.42. The van der Waals surface area contributed by atoms with Gasteiger partial charge in [0.1, 0.15) is 0 Å². The van der Waals surface area contributed by atoms with Crippen LogP contribution in [0.4, 0.5) is 0 Å². The van der Waals surface area contributed by atoms with Crippen LogP contribution in [-0.2, 0) is 4.74 Å². The second-order valence-corrected chi connectivity index (χ2v) is 6.89. The lowest BCUT2D eigenvalue weighted by atomic mass is 9.99. The largest absolute Gasteiger partial charge is 0.478 e. The minimum absolute atomic E-state index is 0.0964. The lowest BCUT2D eigenvalue weighted by Gasteiger charge is -2.30. The van der Waals surface area contributed by atoms with E-state index in [2.05, 4.69) is 21.2 Å². The fourth-order valence-corrected chi connectivity index (χ4v) is 3.36. The van der Waals surface area contributed by atoms with Gasteiger partial charge in [-0.05, 0) is 49.8 Å². The van der Waals surface area contributed by atoms with Crippen molar-refractivity contribution in [2.24, 2.45) is 5.92 Å². The maximum atomic E-state index is 12.4. The second-order valence-electron chi connectivity index (χ2n) is 5.98. The molecule has 2 atom stereocenters. The Kier molecular flexibility index (Phi) is 4.49. The molecule has 2 fully saturated rings. The quantitative estimate of drug-likeness (QED) is 0.857. The highest BCUT2D eigenvalue weighted by molar-refractivity contribution is 9.10. The summed E-state index contributed by atoms with van der Waals surface area (Å²) in [5, 5.41) is 12.1. The zero-order valence-electron chi connectivity index (χ0n) is 12.0. The number of nitrogens with one attached hydrogen (secondary N) is 1. The van der Waals surface area contributed by atoms with Gasteiger partial charge in [-0.3, -0.25) is 4.79 Å². The Morgan fingerprint density at radius 2 is 1.91 bits per heavy atom. The number of carbonyl (C=O) groups is 2. The molecule has 2 N–H and O–H groups in total. The number of carboxylic acid groups (broad SMARTS) is 1. The van der Waals surface area contributed by atoms with Crippen molar-refractivity contribution in [3.05, 3.63) is 33.8 Å². The molecule has 1 aliphatic heterocycles. The zero-order chi connectivity index (χ0) is 15.7. The second kappa shape index (κ2) is 6.38. The van der Waals surface area contributed by atoms with Crippen LogP contribution in [0.2, 0.25) is 0 Å². The number of carbonyl (C=O) groups excluding carboxylic acids is 1. The van der Waals surface area contributed by atoms with E-state index in [-0.39, 0.29) is 23.6 Å². The van der Waals surface area contributed by atoms with Gasteiger partial charge in [0.2, 0.25) is 0 Å². The van der Waals surface area contributed by atoms with Crippen molar-refractivity contribution in [1.82, 2.24) is 5.32 Å². The van der Waals surface area contributed by atoms with Gasteiger partial charge in [0.05, 0.1) is 11.7 Å². The molecular weight excluding hydrogens is 350 g/mol. The van der Waals surface area contributed by atoms with Crippen molar-refractivity contribution < 1.29 is 19.4 Å². The molecular formula is C16H18BrNO4. The normalized spacial score (nSPS) is 24.8. The average Bonchev–Trinajstić information content (AvgIpc) is 3.31. The Bertz CT molecular complexity index is 600. The predicted octanol–water partition coefficient (Wildman–Crippen LogP) is 2.83. The van der Waals surface area contributed by atoms with Gasteiger partial charge in [0, 0.05) is 22.7 Å². The van der Waals surface area contributed by atoms with E-state index in [0.717, 1.165) is 12.8 Å². The summed E-state index contributed by atoms with van der Waals surface area (Å²) in [6, 6.07) is 4.62. The summed E-state index contributed by atoms with van der Waals surface area (Å²) in [5.41, 5.74) is 0.462. The lowest BCUT2D eigenvalue weighted by molar-refractivity contribution is -0.0102. The summed E-state index contributed by atoms with van der Waals surface area (Å²) in [6.07, 6.45) is 4.35. The summed E-state index contributed by atoms with van der Waals surface area (Å²) in [5.74, 6) is -0.621. The molecule has 0 spiro atoms. The number of aromatic carboxylic acids is 1. The van der Waals surface area contributed by atoms with Gasteiger partial charge in [0.15, 0.2) is 0 Å². The van der Waals surface area contributed by atoms with Crippen molar-refractivity contribution in [3.63, 3.8) is 0 Å². The van der Waals surface area contributed by atoms with E-state index in [0.29, 0.717) is 22.6 Å². The van der Waals surface area contributed by atoms with Crippen molar-refractivity contribution in [1.29, 1.82) is 0 Å². The third-order valence-electron chi connectivity index (χ3n) is 4.20. The predicted molar refractivity (Wildman–Crippen MR) is 84.1 cm³/mol. The maximum absolute atomic E-state index is 12.4. The fraction of sp³-hybridized carbons (Fsp3) is 0.500. The molecule has 6 heteroatoms. The smallest absolute Gasteiger partial charge is 0.335 e. The maximum Gasteiger partial charge on any atom is 0.335 e. The number of rotatable bonds is 4. The van der Waals surface area contributed by atoms with Crippen molar-refractivity contribution in [2.45, 2.75) is 37.8 Å². The fourth-order valence-electron chi connectivity index (χ4n) is 2.87. The number of benzene rings is 1. The zero-order valence-corrected chi connectivity index (χ0v) is 13.6. The van der Waals surface area contributed by atoms with E-state index in [4.69, 9.17) is 9.84 Å². The number of carboxylic acids is 1. The molecule has 118 valence electrons. The number of hydrogen-bond donors (Lipinski definition) is 2. The molecule has 2 aliphatic rings. The highest BCUT2D eigenvalue weighted by atomic mass is 79.9. The molecule has 1 aliphatic carbocycles. The first kappa shape index (κ1) is 15.5. The SMILES string of the molecule is O=C(O)c1cc(Br)cc(C(=O)NC2CCOC(C3CC3)C2)c1. The van der Waals surface area contributed by atoms with E-state index < -0.39 is 5.97 Å². The molecule has 1 aromatic carbocycles.